The molecule has 4 rings (SSSR count). The molecule has 128 valence electrons. The maximum absolute atomic E-state index is 12.7. The maximum Gasteiger partial charge on any atom is 0.257 e. The molecule has 0 atom stereocenters. The summed E-state index contributed by atoms with van der Waals surface area (Å²) < 4.78 is 16.1. The Morgan fingerprint density at radius 1 is 1.28 bits per heavy atom. The number of benzene rings is 1. The third-order valence-corrected chi connectivity index (χ3v) is 4.12. The van der Waals surface area contributed by atoms with E-state index in [1.54, 1.807) is 29.4 Å². The molecule has 25 heavy (non-hydrogen) atoms. The molecule has 1 saturated heterocycles. The van der Waals surface area contributed by atoms with Crippen LogP contribution in [0.2, 0.25) is 0 Å². The van der Waals surface area contributed by atoms with Crippen molar-refractivity contribution in [1.29, 1.82) is 0 Å². The first-order valence-corrected chi connectivity index (χ1v) is 8.15. The quantitative estimate of drug-likeness (QED) is 0.711. The van der Waals surface area contributed by atoms with Crippen LogP contribution in [0.5, 0.6) is 5.75 Å². The molecule has 1 aliphatic rings. The number of carbonyl (C=O) groups excluding carboxylic acids is 1. The number of furan rings is 1. The summed E-state index contributed by atoms with van der Waals surface area (Å²) in [6.45, 7) is 3.50. The highest BCUT2D eigenvalue weighted by Gasteiger charge is 2.37. The van der Waals surface area contributed by atoms with Gasteiger partial charge in [0.05, 0.1) is 24.4 Å². The zero-order chi connectivity index (χ0) is 17.2. The minimum absolute atomic E-state index is 0.0411. The number of rotatable bonds is 5. The summed E-state index contributed by atoms with van der Waals surface area (Å²) in [6, 6.07) is 10.8. The van der Waals surface area contributed by atoms with E-state index in [1.807, 2.05) is 25.1 Å². The van der Waals surface area contributed by atoms with Crippen molar-refractivity contribution in [1.82, 2.24) is 15.0 Å². The molecule has 1 aliphatic heterocycles. The monoisotopic (exact) mass is 339 g/mol. The minimum Gasteiger partial charge on any atom is -0.493 e. The van der Waals surface area contributed by atoms with E-state index in [4.69, 9.17) is 13.7 Å². The predicted molar refractivity (Wildman–Crippen MR) is 88.3 cm³/mol. The molecule has 3 heterocycles. The summed E-state index contributed by atoms with van der Waals surface area (Å²) >= 11 is 0. The van der Waals surface area contributed by atoms with Gasteiger partial charge in [0.15, 0.2) is 5.76 Å². The molecule has 0 aliphatic carbocycles. The van der Waals surface area contributed by atoms with E-state index in [9.17, 15) is 4.79 Å². The maximum atomic E-state index is 12.7. The minimum atomic E-state index is -0.0499. The number of amides is 1. The zero-order valence-corrected chi connectivity index (χ0v) is 13.7. The van der Waals surface area contributed by atoms with Crippen molar-refractivity contribution in [2.24, 2.45) is 0 Å². The lowest BCUT2D eigenvalue weighted by Gasteiger charge is -2.37. The van der Waals surface area contributed by atoms with Crippen molar-refractivity contribution in [2.45, 2.75) is 12.8 Å². The third kappa shape index (κ3) is 2.88. The lowest BCUT2D eigenvalue weighted by atomic mass is 9.98. The second kappa shape index (κ2) is 6.43. The lowest BCUT2D eigenvalue weighted by molar-refractivity contribution is 0.0565. The van der Waals surface area contributed by atoms with Crippen molar-refractivity contribution in [3.8, 4) is 17.3 Å². The van der Waals surface area contributed by atoms with Crippen LogP contribution in [0, 0.1) is 0 Å². The van der Waals surface area contributed by atoms with Crippen LogP contribution in [-0.4, -0.2) is 40.6 Å². The Hall–Kier alpha value is -3.09. The molecule has 0 radical (unpaired) electrons. The number of likely N-dealkylation sites (tertiary alicyclic amines) is 1. The fraction of sp³-hybridized carbons (Fsp3) is 0.278. The van der Waals surface area contributed by atoms with Gasteiger partial charge in [-0.25, -0.2) is 0 Å². The van der Waals surface area contributed by atoms with Crippen LogP contribution in [0.4, 0.5) is 0 Å². The topological polar surface area (TPSA) is 81.6 Å². The highest BCUT2D eigenvalue weighted by molar-refractivity contribution is 5.97. The molecule has 0 saturated carbocycles. The van der Waals surface area contributed by atoms with Gasteiger partial charge in [-0.05, 0) is 31.2 Å². The summed E-state index contributed by atoms with van der Waals surface area (Å²) in [7, 11) is 0. The van der Waals surface area contributed by atoms with Crippen LogP contribution in [0.3, 0.4) is 0 Å². The lowest BCUT2D eigenvalue weighted by Crippen LogP contribution is -2.48. The first-order chi connectivity index (χ1) is 12.3. The SMILES string of the molecule is CCOc1ccccc1C(=O)N1CC(c2nc(-c3ccco3)no2)C1. The van der Waals surface area contributed by atoms with Crippen LogP contribution in [0.1, 0.15) is 29.1 Å². The smallest absolute Gasteiger partial charge is 0.257 e. The van der Waals surface area contributed by atoms with Gasteiger partial charge in [-0.1, -0.05) is 17.3 Å². The second-order valence-corrected chi connectivity index (χ2v) is 5.77. The Labute approximate surface area is 144 Å². The van der Waals surface area contributed by atoms with Gasteiger partial charge in [0.25, 0.3) is 5.91 Å². The van der Waals surface area contributed by atoms with Crippen LogP contribution in [0.15, 0.2) is 51.6 Å². The number of ether oxygens (including phenoxy) is 1. The average molecular weight is 339 g/mol. The molecule has 1 aromatic carbocycles. The molecule has 1 fully saturated rings. The first kappa shape index (κ1) is 15.4. The molecular weight excluding hydrogens is 322 g/mol. The van der Waals surface area contributed by atoms with Gasteiger partial charge in [0, 0.05) is 13.1 Å². The van der Waals surface area contributed by atoms with E-state index in [-0.39, 0.29) is 11.8 Å². The molecule has 2 aromatic heterocycles. The van der Waals surface area contributed by atoms with Crippen LogP contribution in [0.25, 0.3) is 11.6 Å². The van der Waals surface area contributed by atoms with E-state index in [0.29, 0.717) is 48.5 Å². The van der Waals surface area contributed by atoms with Gasteiger partial charge in [-0.15, -0.1) is 0 Å². The van der Waals surface area contributed by atoms with Crippen molar-refractivity contribution in [3.05, 3.63) is 54.1 Å². The number of hydrogen-bond donors (Lipinski definition) is 0. The van der Waals surface area contributed by atoms with E-state index in [0.717, 1.165) is 0 Å². The number of carbonyl (C=O) groups is 1. The van der Waals surface area contributed by atoms with E-state index in [1.165, 1.54) is 0 Å². The van der Waals surface area contributed by atoms with Gasteiger partial charge in [-0.2, -0.15) is 4.98 Å². The summed E-state index contributed by atoms with van der Waals surface area (Å²) in [4.78, 5) is 18.8. The summed E-state index contributed by atoms with van der Waals surface area (Å²) in [5.74, 6) is 2.11. The van der Waals surface area contributed by atoms with Crippen molar-refractivity contribution >= 4 is 5.91 Å². The summed E-state index contributed by atoms with van der Waals surface area (Å²) in [5, 5.41) is 3.92. The van der Waals surface area contributed by atoms with E-state index >= 15 is 0 Å². The van der Waals surface area contributed by atoms with Gasteiger partial charge < -0.3 is 18.6 Å². The molecule has 0 spiro atoms. The number of hydrogen-bond acceptors (Lipinski definition) is 6. The second-order valence-electron chi connectivity index (χ2n) is 5.77. The van der Waals surface area contributed by atoms with Crippen molar-refractivity contribution in [2.75, 3.05) is 19.7 Å². The van der Waals surface area contributed by atoms with Gasteiger partial charge in [-0.3, -0.25) is 4.79 Å². The molecule has 3 aromatic rings. The summed E-state index contributed by atoms with van der Waals surface area (Å²) in [5.41, 5.74) is 0.574. The fourth-order valence-electron chi connectivity index (χ4n) is 2.80. The number of nitrogens with zero attached hydrogens (tertiary/aromatic N) is 3. The predicted octanol–water partition coefficient (Wildman–Crippen LogP) is 2.97. The Morgan fingerprint density at radius 3 is 2.88 bits per heavy atom. The summed E-state index contributed by atoms with van der Waals surface area (Å²) in [6.07, 6.45) is 1.56. The Bertz CT molecular complexity index is 866. The standard InChI is InChI=1S/C18H17N3O4/c1-2-23-14-7-4-3-6-13(14)18(22)21-10-12(11-21)17-19-16(20-25-17)15-8-5-9-24-15/h3-9,12H,2,10-11H2,1H3. The molecule has 7 heteroatoms. The molecule has 0 bridgehead atoms. The Morgan fingerprint density at radius 2 is 2.12 bits per heavy atom. The third-order valence-electron chi connectivity index (χ3n) is 4.12. The van der Waals surface area contributed by atoms with Gasteiger partial charge in [0.2, 0.25) is 11.7 Å². The number of aromatic nitrogens is 2. The van der Waals surface area contributed by atoms with Crippen LogP contribution >= 0.6 is 0 Å². The molecule has 0 N–H and O–H groups in total. The highest BCUT2D eigenvalue weighted by Crippen LogP contribution is 2.30. The van der Waals surface area contributed by atoms with Crippen molar-refractivity contribution in [3.63, 3.8) is 0 Å². The molecular formula is C18H17N3O4. The van der Waals surface area contributed by atoms with Gasteiger partial charge in [0.1, 0.15) is 5.75 Å². The first-order valence-electron chi connectivity index (χ1n) is 8.15. The largest absolute Gasteiger partial charge is 0.493 e. The van der Waals surface area contributed by atoms with Crippen LogP contribution in [-0.2, 0) is 0 Å². The number of para-hydroxylation sites is 1. The van der Waals surface area contributed by atoms with E-state index < -0.39 is 0 Å². The highest BCUT2D eigenvalue weighted by atomic mass is 16.5. The Kier molecular flexibility index (Phi) is 3.97. The fourth-order valence-corrected chi connectivity index (χ4v) is 2.80. The van der Waals surface area contributed by atoms with E-state index in [2.05, 4.69) is 10.1 Å². The Balaban J connectivity index is 1.43. The van der Waals surface area contributed by atoms with Gasteiger partial charge >= 0.3 is 0 Å². The molecule has 0 unspecified atom stereocenters. The zero-order valence-electron chi connectivity index (χ0n) is 13.7. The molecule has 1 amide bonds. The van der Waals surface area contributed by atoms with Crippen LogP contribution < -0.4 is 4.74 Å². The normalized spacial score (nSPS) is 14.4. The average Bonchev–Trinajstić information content (AvgIpc) is 3.25. The van der Waals surface area contributed by atoms with Crippen molar-refractivity contribution < 1.29 is 18.5 Å². The molecule has 7 nitrogen and oxygen atoms in total.